The van der Waals surface area contributed by atoms with E-state index < -0.39 is 21.7 Å². The van der Waals surface area contributed by atoms with E-state index in [1.165, 1.54) is 21.0 Å². The highest BCUT2D eigenvalue weighted by Gasteiger charge is 2.35. The highest BCUT2D eigenvalue weighted by Crippen LogP contribution is 2.27. The molecule has 1 fully saturated rings. The molecule has 0 saturated carbocycles. The molecule has 176 valence electrons. The normalized spacial score (nSPS) is 17.3. The Kier molecular flexibility index (Phi) is 6.68. The van der Waals surface area contributed by atoms with Gasteiger partial charge < -0.3 is 14.4 Å². The van der Waals surface area contributed by atoms with E-state index in [9.17, 15) is 23.1 Å². The van der Waals surface area contributed by atoms with Crippen molar-refractivity contribution < 1.29 is 22.7 Å². The second-order valence-corrected chi connectivity index (χ2v) is 10.2. The summed E-state index contributed by atoms with van der Waals surface area (Å²) in [4.78, 5) is 26.6. The van der Waals surface area contributed by atoms with Gasteiger partial charge >= 0.3 is 5.76 Å². The van der Waals surface area contributed by atoms with Crippen molar-refractivity contribution in [3.8, 4) is 0 Å². The zero-order chi connectivity index (χ0) is 23.6. The summed E-state index contributed by atoms with van der Waals surface area (Å²) in [6.45, 7) is 0.736. The number of aryl methyl sites for hydroxylation is 1. The maximum Gasteiger partial charge on any atom is 0.419 e. The van der Waals surface area contributed by atoms with Gasteiger partial charge in [-0.15, -0.1) is 0 Å². The summed E-state index contributed by atoms with van der Waals surface area (Å²) in [5.74, 6) is -1.23. The lowest BCUT2D eigenvalue weighted by Crippen LogP contribution is -2.47. The minimum Gasteiger partial charge on any atom is -0.408 e. The summed E-state index contributed by atoms with van der Waals surface area (Å²) in [6, 6.07) is 13.8. The molecule has 2 heterocycles. The van der Waals surface area contributed by atoms with E-state index in [2.05, 4.69) is 0 Å². The summed E-state index contributed by atoms with van der Waals surface area (Å²) in [5, 5.41) is 9.47. The van der Waals surface area contributed by atoms with Crippen LogP contribution in [0.3, 0.4) is 0 Å². The molecule has 0 aliphatic carbocycles. The standard InChI is InChI=1S/C23H27N3O6S/c1-24-20-10-9-19(14-21(20)32-23(24)29)33(30,31)26-11-5-8-18(16-26)22(28)25(12-13-27)15-17-6-3-2-4-7-17/h2-4,6-7,9-10,14,18,27H,5,8,11-13,15-16H2,1H3. The molecule has 10 heteroatoms. The quantitative estimate of drug-likeness (QED) is 0.557. The fourth-order valence-electron chi connectivity index (χ4n) is 4.24. The Bertz CT molecular complexity index is 1300. The average Bonchev–Trinajstić information content (AvgIpc) is 3.12. The van der Waals surface area contributed by atoms with E-state index in [1.54, 1.807) is 18.0 Å². The van der Waals surface area contributed by atoms with Crippen LogP contribution >= 0.6 is 0 Å². The van der Waals surface area contributed by atoms with Gasteiger partial charge in [0.05, 0.1) is 22.9 Å². The Labute approximate surface area is 191 Å². The molecule has 0 radical (unpaired) electrons. The van der Waals surface area contributed by atoms with E-state index in [1.807, 2.05) is 30.3 Å². The topological polar surface area (TPSA) is 113 Å². The van der Waals surface area contributed by atoms with Crippen LogP contribution in [0.2, 0.25) is 0 Å². The molecule has 1 atom stereocenters. The van der Waals surface area contributed by atoms with Gasteiger partial charge in [0.25, 0.3) is 0 Å². The van der Waals surface area contributed by atoms with Crippen molar-refractivity contribution in [2.24, 2.45) is 13.0 Å². The van der Waals surface area contributed by atoms with Gasteiger partial charge in [0.1, 0.15) is 0 Å². The van der Waals surface area contributed by atoms with Crippen LogP contribution in [0.5, 0.6) is 0 Å². The number of hydrogen-bond donors (Lipinski definition) is 1. The number of aliphatic hydroxyl groups is 1. The van der Waals surface area contributed by atoms with E-state index >= 15 is 0 Å². The van der Waals surface area contributed by atoms with Crippen molar-refractivity contribution in [3.63, 3.8) is 0 Å². The summed E-state index contributed by atoms with van der Waals surface area (Å²) in [5.41, 5.74) is 1.65. The molecule has 4 rings (SSSR count). The van der Waals surface area contributed by atoms with Crippen LogP contribution in [0.15, 0.2) is 62.6 Å². The Morgan fingerprint density at radius 2 is 1.97 bits per heavy atom. The van der Waals surface area contributed by atoms with Crippen LogP contribution in [0.4, 0.5) is 0 Å². The van der Waals surface area contributed by atoms with Crippen LogP contribution in [0.25, 0.3) is 11.1 Å². The summed E-state index contributed by atoms with van der Waals surface area (Å²) < 4.78 is 34.4. The first-order chi connectivity index (χ1) is 15.8. The molecule has 0 spiro atoms. The van der Waals surface area contributed by atoms with Crippen LogP contribution < -0.4 is 5.76 Å². The summed E-state index contributed by atoms with van der Waals surface area (Å²) in [6.07, 6.45) is 1.13. The monoisotopic (exact) mass is 473 g/mol. The van der Waals surface area contributed by atoms with Crippen LogP contribution in [0.1, 0.15) is 18.4 Å². The van der Waals surface area contributed by atoms with E-state index in [-0.39, 0.29) is 36.1 Å². The predicted octanol–water partition coefficient (Wildman–Crippen LogP) is 1.55. The van der Waals surface area contributed by atoms with Gasteiger partial charge in [0.2, 0.25) is 15.9 Å². The van der Waals surface area contributed by atoms with Gasteiger partial charge in [-0.05, 0) is 30.5 Å². The number of aliphatic hydroxyl groups excluding tert-OH is 1. The summed E-state index contributed by atoms with van der Waals surface area (Å²) >= 11 is 0. The fraction of sp³-hybridized carbons (Fsp3) is 0.391. The maximum absolute atomic E-state index is 13.3. The molecule has 33 heavy (non-hydrogen) atoms. The van der Waals surface area contributed by atoms with Gasteiger partial charge in [-0.3, -0.25) is 9.36 Å². The van der Waals surface area contributed by atoms with Crippen molar-refractivity contribution in [2.45, 2.75) is 24.3 Å². The number of amides is 1. The van der Waals surface area contributed by atoms with Gasteiger partial charge in [-0.25, -0.2) is 13.2 Å². The fourth-order valence-corrected chi connectivity index (χ4v) is 5.78. The van der Waals surface area contributed by atoms with Crippen molar-refractivity contribution in [1.29, 1.82) is 0 Å². The van der Waals surface area contributed by atoms with Crippen LogP contribution in [-0.4, -0.2) is 59.4 Å². The maximum atomic E-state index is 13.3. The van der Waals surface area contributed by atoms with Crippen LogP contribution in [0, 0.1) is 5.92 Å². The molecule has 1 aliphatic rings. The first-order valence-electron chi connectivity index (χ1n) is 10.8. The predicted molar refractivity (Wildman–Crippen MR) is 122 cm³/mol. The number of carbonyl (C=O) groups excluding carboxylic acids is 1. The van der Waals surface area contributed by atoms with E-state index in [4.69, 9.17) is 4.42 Å². The number of nitrogens with zero attached hydrogens (tertiary/aromatic N) is 3. The minimum absolute atomic E-state index is 0.0222. The first-order valence-corrected chi connectivity index (χ1v) is 12.3. The molecule has 1 aromatic heterocycles. The van der Waals surface area contributed by atoms with Crippen molar-refractivity contribution >= 4 is 27.0 Å². The summed E-state index contributed by atoms with van der Waals surface area (Å²) in [7, 11) is -2.33. The average molecular weight is 474 g/mol. The third kappa shape index (κ3) is 4.73. The molecule has 1 N–H and O–H groups in total. The third-order valence-corrected chi connectivity index (χ3v) is 7.89. The SMILES string of the molecule is Cn1c(=O)oc2cc(S(=O)(=O)N3CCCC(C(=O)N(CCO)Cc4ccccc4)C3)ccc21. The van der Waals surface area contributed by atoms with E-state index in [0.29, 0.717) is 31.4 Å². The minimum atomic E-state index is -3.88. The molecule has 1 saturated heterocycles. The Morgan fingerprint density at radius 1 is 1.21 bits per heavy atom. The largest absolute Gasteiger partial charge is 0.419 e. The number of oxazole rings is 1. The molecule has 2 aromatic carbocycles. The smallest absolute Gasteiger partial charge is 0.408 e. The highest BCUT2D eigenvalue weighted by atomic mass is 32.2. The Morgan fingerprint density at radius 3 is 2.70 bits per heavy atom. The van der Waals surface area contributed by atoms with Crippen molar-refractivity contribution in [2.75, 3.05) is 26.2 Å². The Hall–Kier alpha value is -2.95. The molecule has 1 aliphatic heterocycles. The number of fused-ring (bicyclic) bond motifs is 1. The molecule has 1 amide bonds. The number of hydrogen-bond acceptors (Lipinski definition) is 6. The van der Waals surface area contributed by atoms with Gasteiger partial charge in [0, 0.05) is 39.3 Å². The lowest BCUT2D eigenvalue weighted by atomic mass is 9.97. The highest BCUT2D eigenvalue weighted by molar-refractivity contribution is 7.89. The lowest BCUT2D eigenvalue weighted by Gasteiger charge is -2.34. The molecule has 0 bridgehead atoms. The molecule has 9 nitrogen and oxygen atoms in total. The van der Waals surface area contributed by atoms with Crippen LogP contribution in [-0.2, 0) is 28.4 Å². The van der Waals surface area contributed by atoms with Crippen molar-refractivity contribution in [3.05, 3.63) is 64.6 Å². The third-order valence-electron chi connectivity index (χ3n) is 6.03. The molecular weight excluding hydrogens is 446 g/mol. The zero-order valence-corrected chi connectivity index (χ0v) is 19.2. The molecule has 3 aromatic rings. The lowest BCUT2D eigenvalue weighted by molar-refractivity contribution is -0.137. The van der Waals surface area contributed by atoms with Gasteiger partial charge in [-0.1, -0.05) is 30.3 Å². The second-order valence-electron chi connectivity index (χ2n) is 8.23. The number of benzene rings is 2. The van der Waals surface area contributed by atoms with Gasteiger partial charge in [-0.2, -0.15) is 4.31 Å². The number of piperidine rings is 1. The van der Waals surface area contributed by atoms with Gasteiger partial charge in [0.15, 0.2) is 5.58 Å². The first kappa shape index (κ1) is 23.2. The van der Waals surface area contributed by atoms with E-state index in [0.717, 1.165) is 5.56 Å². The number of aromatic nitrogens is 1. The number of sulfonamides is 1. The Balaban J connectivity index is 1.54. The molecular formula is C23H27N3O6S. The second kappa shape index (κ2) is 9.50. The molecule has 1 unspecified atom stereocenters. The zero-order valence-electron chi connectivity index (χ0n) is 18.4. The number of rotatable bonds is 7. The van der Waals surface area contributed by atoms with Crippen molar-refractivity contribution in [1.82, 2.24) is 13.8 Å². The number of carbonyl (C=O) groups is 1.